The first-order valence-corrected chi connectivity index (χ1v) is 8.21. The highest BCUT2D eigenvalue weighted by Gasteiger charge is 2.53. The topological polar surface area (TPSA) is 27.6 Å². The zero-order valence-electron chi connectivity index (χ0n) is 12.7. The van der Waals surface area contributed by atoms with Crippen molar-refractivity contribution in [3.05, 3.63) is 0 Å². The molecule has 0 amide bonds. The minimum Gasteiger partial charge on any atom is -0.356 e. The number of aliphatic imine (C=N–C) groups is 1. The van der Waals surface area contributed by atoms with E-state index in [1.807, 2.05) is 7.05 Å². The number of rotatable bonds is 3. The second kappa shape index (κ2) is 5.33. The molecule has 1 N–H and O–H groups in total. The van der Waals surface area contributed by atoms with E-state index in [2.05, 4.69) is 15.2 Å². The van der Waals surface area contributed by atoms with Crippen LogP contribution in [0.25, 0.3) is 0 Å². The fraction of sp³-hybridized carbons (Fsp3) is 0.938. The van der Waals surface area contributed by atoms with Crippen molar-refractivity contribution < 1.29 is 0 Å². The fourth-order valence-electron chi connectivity index (χ4n) is 4.37. The standard InChI is InChI=1S/C16H27N3.HI/c1-17-14(18-11-16(7-8-16)13-3-4-13)19-10-9-15(12-19)5-2-6-15;/h13H,2-12H2,1H3,(H,17,18);1H. The fourth-order valence-corrected chi connectivity index (χ4v) is 4.37. The number of guanidine groups is 1. The molecule has 3 aliphatic carbocycles. The van der Waals surface area contributed by atoms with Crippen LogP contribution in [-0.2, 0) is 0 Å². The number of nitrogens with zero attached hydrogens (tertiary/aromatic N) is 2. The van der Waals surface area contributed by atoms with E-state index in [9.17, 15) is 0 Å². The van der Waals surface area contributed by atoms with Crippen molar-refractivity contribution >= 4 is 29.9 Å². The predicted octanol–water partition coefficient (Wildman–Crippen LogP) is 3.25. The summed E-state index contributed by atoms with van der Waals surface area (Å²) in [5.74, 6) is 2.21. The Kier molecular flexibility index (Phi) is 3.97. The highest BCUT2D eigenvalue weighted by molar-refractivity contribution is 14.0. The van der Waals surface area contributed by atoms with Gasteiger partial charge in [0, 0.05) is 26.7 Å². The maximum Gasteiger partial charge on any atom is 0.193 e. The van der Waals surface area contributed by atoms with Crippen LogP contribution in [0.15, 0.2) is 4.99 Å². The highest BCUT2D eigenvalue weighted by atomic mass is 127. The number of nitrogens with one attached hydrogen (secondary N) is 1. The number of halogens is 1. The van der Waals surface area contributed by atoms with Crippen molar-refractivity contribution in [3.8, 4) is 0 Å². The minimum absolute atomic E-state index is 0. The van der Waals surface area contributed by atoms with Crippen LogP contribution in [0.5, 0.6) is 0 Å². The summed E-state index contributed by atoms with van der Waals surface area (Å²) in [5, 5.41) is 3.70. The number of hydrogen-bond acceptors (Lipinski definition) is 1. The third-order valence-corrected chi connectivity index (χ3v) is 6.30. The summed E-state index contributed by atoms with van der Waals surface area (Å²) in [6.45, 7) is 3.65. The summed E-state index contributed by atoms with van der Waals surface area (Å²) >= 11 is 0. The third kappa shape index (κ3) is 2.57. The monoisotopic (exact) mass is 389 g/mol. The smallest absolute Gasteiger partial charge is 0.193 e. The largest absolute Gasteiger partial charge is 0.356 e. The van der Waals surface area contributed by atoms with Gasteiger partial charge < -0.3 is 10.2 Å². The van der Waals surface area contributed by atoms with Crippen LogP contribution in [0, 0.1) is 16.7 Å². The Morgan fingerprint density at radius 3 is 2.40 bits per heavy atom. The van der Waals surface area contributed by atoms with Gasteiger partial charge in [-0.25, -0.2) is 0 Å². The van der Waals surface area contributed by atoms with Crippen LogP contribution in [0.2, 0.25) is 0 Å². The van der Waals surface area contributed by atoms with Gasteiger partial charge in [0.2, 0.25) is 0 Å². The third-order valence-electron chi connectivity index (χ3n) is 6.30. The molecule has 114 valence electrons. The molecule has 1 spiro atoms. The molecule has 0 aromatic rings. The van der Waals surface area contributed by atoms with Gasteiger partial charge in [-0.15, -0.1) is 24.0 Å². The number of hydrogen-bond donors (Lipinski definition) is 1. The Morgan fingerprint density at radius 1 is 1.20 bits per heavy atom. The van der Waals surface area contributed by atoms with Gasteiger partial charge in [-0.05, 0) is 61.7 Å². The van der Waals surface area contributed by atoms with Crippen molar-refractivity contribution in [3.63, 3.8) is 0 Å². The van der Waals surface area contributed by atoms with Crippen LogP contribution in [0.1, 0.15) is 51.4 Å². The van der Waals surface area contributed by atoms with Gasteiger partial charge in [-0.2, -0.15) is 0 Å². The normalized spacial score (nSPS) is 29.9. The summed E-state index contributed by atoms with van der Waals surface area (Å²) in [4.78, 5) is 7.05. The molecule has 0 bridgehead atoms. The van der Waals surface area contributed by atoms with Gasteiger partial charge in [0.15, 0.2) is 5.96 Å². The van der Waals surface area contributed by atoms with E-state index >= 15 is 0 Å². The van der Waals surface area contributed by atoms with E-state index < -0.39 is 0 Å². The Bertz CT molecular complexity index is 395. The molecule has 4 rings (SSSR count). The SMILES string of the molecule is CN=C(NCC1(C2CC2)CC1)N1CCC2(CCC2)C1.I. The summed E-state index contributed by atoms with van der Waals surface area (Å²) < 4.78 is 0. The van der Waals surface area contributed by atoms with Crippen molar-refractivity contribution in [2.75, 3.05) is 26.7 Å². The lowest BCUT2D eigenvalue weighted by Crippen LogP contribution is -2.44. The van der Waals surface area contributed by atoms with Gasteiger partial charge in [0.05, 0.1) is 0 Å². The molecule has 4 fully saturated rings. The second-order valence-corrected chi connectivity index (χ2v) is 7.56. The molecule has 1 aliphatic heterocycles. The van der Waals surface area contributed by atoms with Crippen LogP contribution in [-0.4, -0.2) is 37.5 Å². The lowest BCUT2D eigenvalue weighted by Gasteiger charge is -2.38. The maximum absolute atomic E-state index is 4.54. The average molecular weight is 389 g/mol. The maximum atomic E-state index is 4.54. The van der Waals surface area contributed by atoms with E-state index in [-0.39, 0.29) is 24.0 Å². The first kappa shape index (κ1) is 14.9. The van der Waals surface area contributed by atoms with Crippen molar-refractivity contribution in [2.45, 2.75) is 51.4 Å². The minimum atomic E-state index is 0. The second-order valence-electron chi connectivity index (χ2n) is 7.56. The first-order valence-electron chi connectivity index (χ1n) is 8.21. The molecule has 0 aromatic carbocycles. The molecule has 4 heteroatoms. The van der Waals surface area contributed by atoms with Gasteiger partial charge in [0.25, 0.3) is 0 Å². The summed E-state index contributed by atoms with van der Waals surface area (Å²) in [6.07, 6.45) is 11.6. The number of likely N-dealkylation sites (tertiary alicyclic amines) is 1. The summed E-state index contributed by atoms with van der Waals surface area (Å²) in [7, 11) is 1.95. The Morgan fingerprint density at radius 2 is 1.95 bits per heavy atom. The van der Waals surface area contributed by atoms with E-state index in [4.69, 9.17) is 0 Å². The van der Waals surface area contributed by atoms with Gasteiger partial charge in [-0.1, -0.05) is 6.42 Å². The molecular weight excluding hydrogens is 361 g/mol. The molecule has 0 aromatic heterocycles. The molecule has 3 saturated carbocycles. The highest BCUT2D eigenvalue weighted by Crippen LogP contribution is 2.60. The Hall–Kier alpha value is 0. The summed E-state index contributed by atoms with van der Waals surface area (Å²) in [6, 6.07) is 0. The van der Waals surface area contributed by atoms with E-state index in [0.717, 1.165) is 5.92 Å². The van der Waals surface area contributed by atoms with E-state index in [0.29, 0.717) is 10.8 Å². The molecule has 3 nitrogen and oxygen atoms in total. The lowest BCUT2D eigenvalue weighted by atomic mass is 9.68. The molecular formula is C16H28IN3. The molecule has 0 atom stereocenters. The zero-order chi connectivity index (χ0) is 12.9. The Labute approximate surface area is 140 Å². The molecule has 1 heterocycles. The summed E-state index contributed by atoms with van der Waals surface area (Å²) in [5.41, 5.74) is 1.34. The predicted molar refractivity (Wildman–Crippen MR) is 93.6 cm³/mol. The molecule has 0 radical (unpaired) electrons. The van der Waals surface area contributed by atoms with Gasteiger partial charge >= 0.3 is 0 Å². The van der Waals surface area contributed by atoms with Gasteiger partial charge in [0.1, 0.15) is 0 Å². The van der Waals surface area contributed by atoms with Crippen LogP contribution in [0.4, 0.5) is 0 Å². The van der Waals surface area contributed by atoms with E-state index in [1.165, 1.54) is 77.0 Å². The first-order chi connectivity index (χ1) is 9.25. The molecule has 4 aliphatic rings. The van der Waals surface area contributed by atoms with Crippen LogP contribution >= 0.6 is 24.0 Å². The van der Waals surface area contributed by atoms with Crippen LogP contribution < -0.4 is 5.32 Å². The lowest BCUT2D eigenvalue weighted by molar-refractivity contribution is 0.151. The van der Waals surface area contributed by atoms with Gasteiger partial charge in [-0.3, -0.25) is 4.99 Å². The van der Waals surface area contributed by atoms with Crippen molar-refractivity contribution in [2.24, 2.45) is 21.7 Å². The average Bonchev–Trinajstić information content (AvgIpc) is 3.26. The molecule has 20 heavy (non-hydrogen) atoms. The zero-order valence-corrected chi connectivity index (χ0v) is 15.0. The van der Waals surface area contributed by atoms with Crippen molar-refractivity contribution in [1.82, 2.24) is 10.2 Å². The molecule has 1 saturated heterocycles. The molecule has 0 unspecified atom stereocenters. The van der Waals surface area contributed by atoms with E-state index in [1.54, 1.807) is 0 Å². The van der Waals surface area contributed by atoms with Crippen molar-refractivity contribution in [1.29, 1.82) is 0 Å². The van der Waals surface area contributed by atoms with Crippen LogP contribution in [0.3, 0.4) is 0 Å². The quantitative estimate of drug-likeness (QED) is 0.456. The Balaban J connectivity index is 0.00000121.